The molecule has 2 heterocycles. The van der Waals surface area contributed by atoms with Gasteiger partial charge in [0.05, 0.1) is 11.8 Å². The Morgan fingerprint density at radius 3 is 2.60 bits per heavy atom. The van der Waals surface area contributed by atoms with Gasteiger partial charge in [-0.3, -0.25) is 0 Å². The van der Waals surface area contributed by atoms with Crippen molar-refractivity contribution in [2.75, 3.05) is 13.1 Å². The van der Waals surface area contributed by atoms with Crippen molar-refractivity contribution >= 4 is 11.7 Å². The predicted octanol–water partition coefficient (Wildman–Crippen LogP) is 4.12. The SMILES string of the molecule is O=C(OCc1ncco1)N1CC=C(c2ccc(C(F)(F)F)cc2)CC1. The van der Waals surface area contributed by atoms with E-state index in [-0.39, 0.29) is 6.61 Å². The number of halogens is 3. The first-order valence-corrected chi connectivity index (χ1v) is 7.60. The molecule has 1 aromatic heterocycles. The van der Waals surface area contributed by atoms with Gasteiger partial charge < -0.3 is 14.1 Å². The molecule has 1 aliphatic heterocycles. The molecule has 0 aliphatic carbocycles. The van der Waals surface area contributed by atoms with Gasteiger partial charge in [0.2, 0.25) is 5.89 Å². The van der Waals surface area contributed by atoms with Crippen LogP contribution in [0.15, 0.2) is 47.2 Å². The Morgan fingerprint density at radius 2 is 2.04 bits per heavy atom. The number of carbonyl (C=O) groups excluding carboxylic acids is 1. The van der Waals surface area contributed by atoms with Crippen LogP contribution < -0.4 is 0 Å². The highest BCUT2D eigenvalue weighted by molar-refractivity contribution is 5.72. The van der Waals surface area contributed by atoms with E-state index in [4.69, 9.17) is 9.15 Å². The topological polar surface area (TPSA) is 55.6 Å². The molecule has 0 spiro atoms. The first kappa shape index (κ1) is 17.1. The number of hydrogen-bond acceptors (Lipinski definition) is 4. The van der Waals surface area contributed by atoms with Crippen molar-refractivity contribution in [3.63, 3.8) is 0 Å². The van der Waals surface area contributed by atoms with E-state index in [9.17, 15) is 18.0 Å². The Bertz CT molecular complexity index is 752. The van der Waals surface area contributed by atoms with Crippen LogP contribution in [0.1, 0.15) is 23.4 Å². The summed E-state index contributed by atoms with van der Waals surface area (Å²) in [7, 11) is 0. The highest BCUT2D eigenvalue weighted by atomic mass is 19.4. The fraction of sp³-hybridized carbons (Fsp3) is 0.294. The van der Waals surface area contributed by atoms with Crippen molar-refractivity contribution in [1.29, 1.82) is 0 Å². The third-order valence-electron chi connectivity index (χ3n) is 3.85. The Morgan fingerprint density at radius 1 is 1.28 bits per heavy atom. The number of benzene rings is 1. The molecule has 0 fully saturated rings. The molecule has 0 saturated carbocycles. The van der Waals surface area contributed by atoms with E-state index in [1.54, 1.807) is 0 Å². The summed E-state index contributed by atoms with van der Waals surface area (Å²) in [5, 5.41) is 0. The molecule has 0 N–H and O–H groups in total. The lowest BCUT2D eigenvalue weighted by Gasteiger charge is -2.25. The molecule has 0 saturated heterocycles. The second-order valence-electron chi connectivity index (χ2n) is 5.48. The summed E-state index contributed by atoms with van der Waals surface area (Å²) in [6.45, 7) is 0.718. The predicted molar refractivity (Wildman–Crippen MR) is 82.3 cm³/mol. The Labute approximate surface area is 141 Å². The first-order valence-electron chi connectivity index (χ1n) is 7.60. The lowest BCUT2D eigenvalue weighted by atomic mass is 9.98. The molecule has 1 aliphatic rings. The minimum absolute atomic E-state index is 0.0438. The van der Waals surface area contributed by atoms with E-state index in [0.717, 1.165) is 23.3 Å². The van der Waals surface area contributed by atoms with Gasteiger partial charge in [-0.2, -0.15) is 13.2 Å². The van der Waals surface area contributed by atoms with E-state index < -0.39 is 17.8 Å². The third kappa shape index (κ3) is 4.20. The minimum atomic E-state index is -4.34. The number of hydrogen-bond donors (Lipinski definition) is 0. The Hall–Kier alpha value is -2.77. The van der Waals surface area contributed by atoms with Crippen LogP contribution in [-0.4, -0.2) is 29.1 Å². The van der Waals surface area contributed by atoms with Crippen molar-refractivity contribution in [2.24, 2.45) is 0 Å². The van der Waals surface area contributed by atoms with Gasteiger partial charge in [0, 0.05) is 13.1 Å². The molecule has 1 amide bonds. The highest BCUT2D eigenvalue weighted by Gasteiger charge is 2.30. The van der Waals surface area contributed by atoms with Crippen LogP contribution in [0.4, 0.5) is 18.0 Å². The number of nitrogens with zero attached hydrogens (tertiary/aromatic N) is 2. The van der Waals surface area contributed by atoms with E-state index in [0.29, 0.717) is 25.4 Å². The molecule has 0 radical (unpaired) electrons. The standard InChI is InChI=1S/C17H15F3N2O3/c18-17(19,20)14-3-1-12(2-4-14)13-5-8-22(9-6-13)16(23)25-11-15-21-7-10-24-15/h1-5,7,10H,6,8-9,11H2. The second kappa shape index (κ2) is 7.00. The maximum atomic E-state index is 12.6. The molecule has 1 aromatic carbocycles. The highest BCUT2D eigenvalue weighted by Crippen LogP contribution is 2.31. The number of alkyl halides is 3. The fourth-order valence-electron chi connectivity index (χ4n) is 2.51. The number of carbonyl (C=O) groups is 1. The average molecular weight is 352 g/mol. The van der Waals surface area contributed by atoms with Crippen molar-refractivity contribution in [2.45, 2.75) is 19.2 Å². The molecule has 8 heteroatoms. The van der Waals surface area contributed by atoms with Crippen LogP contribution in [0.3, 0.4) is 0 Å². The molecule has 3 rings (SSSR count). The fourth-order valence-corrected chi connectivity index (χ4v) is 2.51. The number of amides is 1. The molecule has 0 atom stereocenters. The zero-order valence-corrected chi connectivity index (χ0v) is 13.1. The van der Waals surface area contributed by atoms with Gasteiger partial charge in [0.25, 0.3) is 0 Å². The van der Waals surface area contributed by atoms with Crippen molar-refractivity contribution in [3.05, 3.63) is 59.8 Å². The maximum absolute atomic E-state index is 12.6. The minimum Gasteiger partial charge on any atom is -0.446 e. The summed E-state index contributed by atoms with van der Waals surface area (Å²) in [5.74, 6) is 0.311. The molecule has 5 nitrogen and oxygen atoms in total. The van der Waals surface area contributed by atoms with E-state index >= 15 is 0 Å². The van der Waals surface area contributed by atoms with Crippen LogP contribution in [0, 0.1) is 0 Å². The maximum Gasteiger partial charge on any atom is 0.416 e. The lowest BCUT2D eigenvalue weighted by Crippen LogP contribution is -2.35. The van der Waals surface area contributed by atoms with Crippen molar-refractivity contribution < 1.29 is 27.1 Å². The van der Waals surface area contributed by atoms with Gasteiger partial charge in [-0.25, -0.2) is 9.78 Å². The summed E-state index contributed by atoms with van der Waals surface area (Å²) in [4.78, 5) is 17.3. The molecule has 132 valence electrons. The quantitative estimate of drug-likeness (QED) is 0.834. The number of ether oxygens (including phenoxy) is 1. The summed E-state index contributed by atoms with van der Waals surface area (Å²) in [5.41, 5.74) is 0.954. The van der Waals surface area contributed by atoms with Gasteiger partial charge in [-0.1, -0.05) is 18.2 Å². The van der Waals surface area contributed by atoms with Crippen molar-refractivity contribution in [3.8, 4) is 0 Å². The largest absolute Gasteiger partial charge is 0.446 e. The van der Waals surface area contributed by atoms with E-state index in [1.165, 1.54) is 29.5 Å². The normalized spacial score (nSPS) is 15.0. The molecular formula is C17H15F3N2O3. The zero-order valence-electron chi connectivity index (χ0n) is 13.1. The van der Waals surface area contributed by atoms with E-state index in [2.05, 4.69) is 4.98 Å². The Balaban J connectivity index is 1.57. The van der Waals surface area contributed by atoms with Gasteiger partial charge in [0.15, 0.2) is 6.61 Å². The van der Waals surface area contributed by atoms with Gasteiger partial charge in [-0.05, 0) is 29.7 Å². The van der Waals surface area contributed by atoms with Crippen LogP contribution in [0.25, 0.3) is 5.57 Å². The van der Waals surface area contributed by atoms with Crippen LogP contribution in [-0.2, 0) is 17.5 Å². The van der Waals surface area contributed by atoms with Crippen LogP contribution in [0.2, 0.25) is 0 Å². The monoisotopic (exact) mass is 352 g/mol. The van der Waals surface area contributed by atoms with Crippen molar-refractivity contribution in [1.82, 2.24) is 9.88 Å². The summed E-state index contributed by atoms with van der Waals surface area (Å²) in [6.07, 6.45) is 0.383. The molecule has 0 bridgehead atoms. The average Bonchev–Trinajstić information content (AvgIpc) is 3.13. The third-order valence-corrected chi connectivity index (χ3v) is 3.85. The van der Waals surface area contributed by atoms with Gasteiger partial charge in [-0.15, -0.1) is 0 Å². The summed E-state index contributed by atoms with van der Waals surface area (Å²) in [6, 6.07) is 5.02. The number of oxazole rings is 1. The lowest BCUT2D eigenvalue weighted by molar-refractivity contribution is -0.137. The number of rotatable bonds is 3. The summed E-state index contributed by atoms with van der Waals surface area (Å²) < 4.78 is 47.9. The van der Waals surface area contributed by atoms with Gasteiger partial charge >= 0.3 is 12.3 Å². The summed E-state index contributed by atoms with van der Waals surface area (Å²) >= 11 is 0. The van der Waals surface area contributed by atoms with Gasteiger partial charge in [0.1, 0.15) is 6.26 Å². The zero-order chi connectivity index (χ0) is 17.9. The number of aromatic nitrogens is 1. The van der Waals surface area contributed by atoms with E-state index in [1.807, 2.05) is 6.08 Å². The molecule has 25 heavy (non-hydrogen) atoms. The smallest absolute Gasteiger partial charge is 0.416 e. The van der Waals surface area contributed by atoms with Crippen LogP contribution >= 0.6 is 0 Å². The second-order valence-corrected chi connectivity index (χ2v) is 5.48. The molecule has 2 aromatic rings. The van der Waals surface area contributed by atoms with Crippen LogP contribution in [0.5, 0.6) is 0 Å². The molecular weight excluding hydrogens is 337 g/mol. The Kier molecular flexibility index (Phi) is 4.78. The first-order chi connectivity index (χ1) is 11.9. The molecule has 0 unspecified atom stereocenters.